The van der Waals surface area contributed by atoms with Crippen LogP contribution in [0.25, 0.3) is 0 Å². The summed E-state index contributed by atoms with van der Waals surface area (Å²) in [6.07, 6.45) is 1.78. The monoisotopic (exact) mass is 251 g/mol. The van der Waals surface area contributed by atoms with Gasteiger partial charge in [0.15, 0.2) is 0 Å². The number of hydrogen-bond acceptors (Lipinski definition) is 5. The van der Waals surface area contributed by atoms with Gasteiger partial charge in [-0.15, -0.1) is 0 Å². The average molecular weight is 251 g/mol. The van der Waals surface area contributed by atoms with Crippen molar-refractivity contribution in [3.63, 3.8) is 0 Å². The van der Waals surface area contributed by atoms with Crippen LogP contribution in [0.3, 0.4) is 0 Å². The molecule has 0 heterocycles. The van der Waals surface area contributed by atoms with E-state index in [-0.39, 0.29) is 17.6 Å². The molecule has 0 aliphatic heterocycles. The molecule has 16 heavy (non-hydrogen) atoms. The fourth-order valence-corrected chi connectivity index (χ4v) is 1.81. The van der Waals surface area contributed by atoms with Crippen LogP contribution in [0, 0.1) is 5.92 Å². The van der Waals surface area contributed by atoms with Crippen LogP contribution >= 0.6 is 0 Å². The van der Waals surface area contributed by atoms with Crippen molar-refractivity contribution in [1.82, 2.24) is 5.32 Å². The van der Waals surface area contributed by atoms with E-state index in [2.05, 4.69) is 5.32 Å². The quantitative estimate of drug-likeness (QED) is 0.493. The molecule has 0 aliphatic rings. The third kappa shape index (κ3) is 8.67. The van der Waals surface area contributed by atoms with E-state index in [1.54, 1.807) is 13.8 Å². The first-order valence-electron chi connectivity index (χ1n) is 5.42. The van der Waals surface area contributed by atoms with Gasteiger partial charge in [0.25, 0.3) is 0 Å². The Morgan fingerprint density at radius 3 is 2.56 bits per heavy atom. The maximum Gasteiger partial charge on any atom is 0.309 e. The zero-order chi connectivity index (χ0) is 12.6. The van der Waals surface area contributed by atoms with E-state index in [0.29, 0.717) is 26.1 Å². The van der Waals surface area contributed by atoms with Crippen LogP contribution in [0.1, 0.15) is 20.3 Å². The molecular formula is C10H21NO4S. The number of nitrogens with one attached hydrogen (secondary N) is 1. The smallest absolute Gasteiger partial charge is 0.309 e. The number of esters is 1. The number of rotatable bonds is 8. The van der Waals surface area contributed by atoms with Gasteiger partial charge >= 0.3 is 5.97 Å². The lowest BCUT2D eigenvalue weighted by molar-refractivity contribution is -0.147. The number of carbonyl (C=O) groups is 1. The first-order chi connectivity index (χ1) is 7.37. The molecular weight excluding hydrogens is 230 g/mol. The van der Waals surface area contributed by atoms with Crippen molar-refractivity contribution in [2.24, 2.45) is 5.92 Å². The van der Waals surface area contributed by atoms with Gasteiger partial charge in [-0.25, -0.2) is 8.42 Å². The largest absolute Gasteiger partial charge is 0.466 e. The maximum atomic E-state index is 11.2. The summed E-state index contributed by atoms with van der Waals surface area (Å²) in [5.74, 6) is -0.246. The Kier molecular flexibility index (Phi) is 7.33. The van der Waals surface area contributed by atoms with Crippen molar-refractivity contribution in [1.29, 1.82) is 0 Å². The highest BCUT2D eigenvalue weighted by Crippen LogP contribution is 1.96. The van der Waals surface area contributed by atoms with E-state index in [0.717, 1.165) is 0 Å². The number of ether oxygens (including phenoxy) is 1. The molecule has 0 saturated carbocycles. The van der Waals surface area contributed by atoms with Crippen LogP contribution < -0.4 is 5.32 Å². The highest BCUT2D eigenvalue weighted by molar-refractivity contribution is 7.90. The predicted octanol–water partition coefficient (Wildman–Crippen LogP) is 0.210. The SMILES string of the molecule is CCOC(=O)C(C)CNCCCS(C)(=O)=O. The second kappa shape index (κ2) is 7.62. The molecule has 6 heteroatoms. The first-order valence-corrected chi connectivity index (χ1v) is 7.48. The summed E-state index contributed by atoms with van der Waals surface area (Å²) in [6.45, 7) is 5.04. The van der Waals surface area contributed by atoms with Crippen molar-refractivity contribution in [2.45, 2.75) is 20.3 Å². The zero-order valence-corrected chi connectivity index (χ0v) is 11.0. The summed E-state index contributed by atoms with van der Waals surface area (Å²) in [7, 11) is -2.88. The normalized spacial score (nSPS) is 13.4. The number of hydrogen-bond donors (Lipinski definition) is 1. The third-order valence-electron chi connectivity index (χ3n) is 2.01. The summed E-state index contributed by atoms with van der Waals surface area (Å²) in [5.41, 5.74) is 0. The molecule has 0 rings (SSSR count). The van der Waals surface area contributed by atoms with E-state index in [1.165, 1.54) is 6.26 Å². The fourth-order valence-electron chi connectivity index (χ4n) is 1.15. The van der Waals surface area contributed by atoms with E-state index >= 15 is 0 Å². The molecule has 1 unspecified atom stereocenters. The molecule has 0 radical (unpaired) electrons. The Morgan fingerprint density at radius 2 is 2.06 bits per heavy atom. The van der Waals surface area contributed by atoms with Crippen LogP contribution in [-0.4, -0.2) is 46.1 Å². The second-order valence-electron chi connectivity index (χ2n) is 3.84. The molecule has 1 N–H and O–H groups in total. The molecule has 0 aromatic heterocycles. The van der Waals surface area contributed by atoms with E-state index in [9.17, 15) is 13.2 Å². The molecule has 5 nitrogen and oxygen atoms in total. The summed E-state index contributed by atoms with van der Waals surface area (Å²) in [6, 6.07) is 0. The van der Waals surface area contributed by atoms with Crippen LogP contribution in [0.2, 0.25) is 0 Å². The van der Waals surface area contributed by atoms with Crippen molar-refractivity contribution in [3.8, 4) is 0 Å². The van der Waals surface area contributed by atoms with Gasteiger partial charge in [-0.2, -0.15) is 0 Å². The van der Waals surface area contributed by atoms with Crippen molar-refractivity contribution in [2.75, 3.05) is 31.7 Å². The van der Waals surface area contributed by atoms with Crippen LogP contribution in [-0.2, 0) is 19.4 Å². The van der Waals surface area contributed by atoms with Crippen LogP contribution in [0.4, 0.5) is 0 Å². The van der Waals surface area contributed by atoms with Crippen molar-refractivity contribution in [3.05, 3.63) is 0 Å². The third-order valence-corrected chi connectivity index (χ3v) is 3.04. The van der Waals surface area contributed by atoms with Crippen LogP contribution in [0.5, 0.6) is 0 Å². The topological polar surface area (TPSA) is 72.5 Å². The summed E-state index contributed by atoms with van der Waals surface area (Å²) < 4.78 is 26.5. The predicted molar refractivity (Wildman–Crippen MR) is 63.0 cm³/mol. The van der Waals surface area contributed by atoms with Gasteiger partial charge < -0.3 is 10.1 Å². The average Bonchev–Trinajstić information content (AvgIpc) is 2.15. The first kappa shape index (κ1) is 15.4. The molecule has 0 aromatic carbocycles. The Balaban J connectivity index is 3.55. The Morgan fingerprint density at radius 1 is 1.44 bits per heavy atom. The summed E-state index contributed by atoms with van der Waals surface area (Å²) >= 11 is 0. The molecule has 0 aromatic rings. The maximum absolute atomic E-state index is 11.2. The molecule has 0 bridgehead atoms. The summed E-state index contributed by atoms with van der Waals surface area (Å²) in [5, 5.41) is 3.03. The van der Waals surface area contributed by atoms with Gasteiger partial charge in [-0.3, -0.25) is 4.79 Å². The summed E-state index contributed by atoms with van der Waals surface area (Å²) in [4.78, 5) is 11.2. The van der Waals surface area contributed by atoms with Gasteiger partial charge in [-0.05, 0) is 19.9 Å². The lowest BCUT2D eigenvalue weighted by atomic mass is 10.2. The van der Waals surface area contributed by atoms with Gasteiger partial charge in [0.05, 0.1) is 18.3 Å². The molecule has 96 valence electrons. The minimum atomic E-state index is -2.88. The van der Waals surface area contributed by atoms with Crippen molar-refractivity contribution < 1.29 is 17.9 Å². The highest BCUT2D eigenvalue weighted by Gasteiger charge is 2.12. The van der Waals surface area contributed by atoms with Gasteiger partial charge in [0.1, 0.15) is 9.84 Å². The van der Waals surface area contributed by atoms with Crippen molar-refractivity contribution >= 4 is 15.8 Å². The number of sulfone groups is 1. The van der Waals surface area contributed by atoms with Gasteiger partial charge in [0.2, 0.25) is 0 Å². The molecule has 0 amide bonds. The van der Waals surface area contributed by atoms with E-state index in [4.69, 9.17) is 4.74 Å². The van der Waals surface area contributed by atoms with Gasteiger partial charge in [-0.1, -0.05) is 6.92 Å². The minimum absolute atomic E-state index is 0.174. The minimum Gasteiger partial charge on any atom is -0.466 e. The van der Waals surface area contributed by atoms with E-state index < -0.39 is 9.84 Å². The molecule has 0 saturated heterocycles. The van der Waals surface area contributed by atoms with Crippen LogP contribution in [0.15, 0.2) is 0 Å². The standard InChI is InChI=1S/C10H21NO4S/c1-4-15-10(12)9(2)8-11-6-5-7-16(3,13)14/h9,11H,4-8H2,1-3H3. The Bertz CT molecular complexity index is 300. The van der Waals surface area contributed by atoms with Gasteiger partial charge in [0, 0.05) is 12.8 Å². The highest BCUT2D eigenvalue weighted by atomic mass is 32.2. The fraction of sp³-hybridized carbons (Fsp3) is 0.900. The molecule has 0 aliphatic carbocycles. The van der Waals surface area contributed by atoms with E-state index in [1.807, 2.05) is 0 Å². The molecule has 0 spiro atoms. The number of carbonyl (C=O) groups excluding carboxylic acids is 1. The lowest BCUT2D eigenvalue weighted by Crippen LogP contribution is -2.29. The molecule has 0 fully saturated rings. The molecule has 1 atom stereocenters. The second-order valence-corrected chi connectivity index (χ2v) is 6.10. The zero-order valence-electron chi connectivity index (χ0n) is 10.2. The lowest BCUT2D eigenvalue weighted by Gasteiger charge is -2.11. The Hall–Kier alpha value is -0.620. The Labute approximate surface area is 97.5 Å².